The fourth-order valence-corrected chi connectivity index (χ4v) is 0.475. The van der Waals surface area contributed by atoms with Crippen LogP contribution < -0.4 is 0 Å². The summed E-state index contributed by atoms with van der Waals surface area (Å²) in [5.41, 5.74) is 0. The van der Waals surface area contributed by atoms with E-state index in [4.69, 9.17) is 2.97 Å². The zero-order chi connectivity index (χ0) is 6.41. The van der Waals surface area contributed by atoms with Crippen LogP contribution in [0.25, 0.3) is 0 Å². The molecule has 1 aliphatic rings. The number of ether oxygens (including phenoxy) is 1. The Morgan fingerprint density at radius 3 is 3.00 bits per heavy atom. The van der Waals surface area contributed by atoms with Crippen LogP contribution in [0.1, 0.15) is 15.8 Å². The Kier molecular flexibility index (Phi) is 0.560. The fourth-order valence-electron chi connectivity index (χ4n) is 0.475. The summed E-state index contributed by atoms with van der Waals surface area (Å²) >= 11 is 0. The van der Waals surface area contributed by atoms with Gasteiger partial charge in [0.05, 0.1) is 6.61 Å². The Bertz CT molecular complexity index is 66.4. The highest BCUT2D eigenvalue weighted by Gasteiger charge is 2.08. The molecular weight excluding hydrogens is 80.0 g/mol. The molecule has 0 atom stereocenters. The number of rotatable bonds is 0. The standard InChI is InChI=1S/C4H6O2.H2/c5-4-2-1-3-6-4;/h1-3H2;1H/i;1+1D. The Balaban J connectivity index is 0.000000222. The predicted octanol–water partition coefficient (Wildman–Crippen LogP) is 0.569. The molecule has 1 saturated heterocycles. The molecule has 36 valence electrons. The normalized spacial score (nSPS) is 22.3. The van der Waals surface area contributed by atoms with Crippen molar-refractivity contribution in [2.75, 3.05) is 6.61 Å². The molecule has 0 radical (unpaired) electrons. The van der Waals surface area contributed by atoms with Gasteiger partial charge in [-0.15, -0.1) is 0 Å². The van der Waals surface area contributed by atoms with Gasteiger partial charge in [-0.3, -0.25) is 4.79 Å². The molecule has 0 bridgehead atoms. The van der Waals surface area contributed by atoms with Crippen molar-refractivity contribution in [3.63, 3.8) is 0 Å². The van der Waals surface area contributed by atoms with E-state index in [0.717, 1.165) is 6.42 Å². The molecule has 0 spiro atoms. The van der Waals surface area contributed by atoms with Crippen LogP contribution in [0.5, 0.6) is 0 Å². The molecular formula is C4H8O2. The lowest BCUT2D eigenvalue weighted by Gasteiger charge is -1.81. The van der Waals surface area contributed by atoms with Gasteiger partial charge >= 0.3 is 5.97 Å². The fraction of sp³-hybridized carbons (Fsp3) is 0.750. The molecule has 0 aromatic heterocycles. The monoisotopic (exact) mass is 90.1 g/mol. The van der Waals surface area contributed by atoms with E-state index < -0.39 is 0 Å². The van der Waals surface area contributed by atoms with Crippen molar-refractivity contribution in [1.82, 2.24) is 0 Å². The lowest BCUT2D eigenvalue weighted by Crippen LogP contribution is -1.88. The van der Waals surface area contributed by atoms with Crippen molar-refractivity contribution in [3.8, 4) is 0 Å². The topological polar surface area (TPSA) is 26.3 Å². The first-order chi connectivity index (χ1) is 3.89. The predicted molar refractivity (Wildman–Crippen MR) is 22.3 cm³/mol. The lowest BCUT2D eigenvalue weighted by atomic mass is 10.4. The zero-order valence-corrected chi connectivity index (χ0v) is 3.44. The van der Waals surface area contributed by atoms with E-state index in [9.17, 15) is 4.79 Å². The summed E-state index contributed by atoms with van der Waals surface area (Å²) in [5, 5.41) is 0. The van der Waals surface area contributed by atoms with Crippen LogP contribution >= 0.6 is 0 Å². The van der Waals surface area contributed by atoms with Crippen LogP contribution in [0, 0.1) is 0 Å². The first kappa shape index (κ1) is 2.61. The van der Waals surface area contributed by atoms with E-state index in [0.29, 0.717) is 13.0 Å². The largest absolute Gasteiger partial charge is 0.466 e. The summed E-state index contributed by atoms with van der Waals surface area (Å²) < 4.78 is 14.5. The van der Waals surface area contributed by atoms with Gasteiger partial charge in [-0.2, -0.15) is 0 Å². The van der Waals surface area contributed by atoms with Gasteiger partial charge in [-0.25, -0.2) is 0 Å². The molecule has 1 rings (SSSR count). The van der Waals surface area contributed by atoms with Crippen molar-refractivity contribution in [3.05, 3.63) is 0 Å². The second kappa shape index (κ2) is 1.29. The van der Waals surface area contributed by atoms with Gasteiger partial charge in [0.1, 0.15) is 0 Å². The number of hydrogen-bond acceptors (Lipinski definition) is 2. The van der Waals surface area contributed by atoms with E-state index in [-0.39, 0.29) is 5.97 Å². The second-order valence-corrected chi connectivity index (χ2v) is 1.32. The molecule has 0 aromatic rings. The van der Waals surface area contributed by atoms with Crippen LogP contribution in [-0.2, 0) is 9.53 Å². The van der Waals surface area contributed by atoms with Crippen LogP contribution in [0.2, 0.25) is 0 Å². The Morgan fingerprint density at radius 1 is 2.00 bits per heavy atom. The molecule has 1 fully saturated rings. The van der Waals surface area contributed by atoms with Gasteiger partial charge in [0.15, 0.2) is 0 Å². The molecule has 1 aliphatic heterocycles. The summed E-state index contributed by atoms with van der Waals surface area (Å²) in [6, 6.07) is 0. The van der Waals surface area contributed by atoms with E-state index in [2.05, 4.69) is 4.74 Å². The average Bonchev–Trinajstić information content (AvgIpc) is 2.24. The SMILES string of the molecule is O=C1CCCO1.[2H][2H]. The molecule has 0 aromatic carbocycles. The maximum atomic E-state index is 10.0. The van der Waals surface area contributed by atoms with Gasteiger partial charge in [-0.05, 0) is 6.42 Å². The van der Waals surface area contributed by atoms with Gasteiger partial charge in [-0.1, -0.05) is 0 Å². The highest BCUT2D eigenvalue weighted by molar-refractivity contribution is 5.70. The highest BCUT2D eigenvalue weighted by atomic mass is 16.5. The first-order valence-electron chi connectivity index (χ1n) is 3.05. The third-order valence-corrected chi connectivity index (χ3v) is 0.788. The summed E-state index contributed by atoms with van der Waals surface area (Å²) in [6.45, 7) is 0.638. The summed E-state index contributed by atoms with van der Waals surface area (Å²) in [7, 11) is 0. The second-order valence-electron chi connectivity index (χ2n) is 1.32. The Hall–Kier alpha value is -0.530. The van der Waals surface area contributed by atoms with E-state index in [1.165, 1.54) is 0 Å². The Morgan fingerprint density at radius 2 is 2.83 bits per heavy atom. The van der Waals surface area contributed by atoms with Crippen molar-refractivity contribution >= 4 is 5.97 Å². The molecule has 0 aliphatic carbocycles. The van der Waals surface area contributed by atoms with E-state index >= 15 is 0 Å². The molecule has 0 N–H and O–H groups in total. The molecule has 2 nitrogen and oxygen atoms in total. The first-order valence-corrected chi connectivity index (χ1v) is 2.05. The third kappa shape index (κ3) is 0.506. The summed E-state index contributed by atoms with van der Waals surface area (Å²) in [5.74, 6) is -0.0463. The number of esters is 1. The van der Waals surface area contributed by atoms with Crippen molar-refractivity contribution in [1.29, 1.82) is 0 Å². The number of cyclic esters (lactones) is 1. The zero-order valence-electron chi connectivity index (χ0n) is 5.44. The van der Waals surface area contributed by atoms with Crippen molar-refractivity contribution in [2.45, 2.75) is 12.8 Å². The van der Waals surface area contributed by atoms with Gasteiger partial charge in [0.2, 0.25) is 0 Å². The molecule has 2 heteroatoms. The van der Waals surface area contributed by atoms with Crippen molar-refractivity contribution < 1.29 is 12.5 Å². The van der Waals surface area contributed by atoms with Crippen LogP contribution in [-0.4, -0.2) is 12.6 Å². The number of carbonyl (C=O) groups excluding carboxylic acids is 1. The number of carbonyl (C=O) groups is 1. The minimum atomic E-state index is -0.0463. The summed E-state index contributed by atoms with van der Waals surface area (Å²) in [6.07, 6.45) is 1.54. The Labute approximate surface area is 39.2 Å². The van der Waals surface area contributed by atoms with Crippen LogP contribution in [0.3, 0.4) is 0 Å². The highest BCUT2D eigenvalue weighted by Crippen LogP contribution is 2.01. The lowest BCUT2D eigenvalue weighted by molar-refractivity contribution is -0.137. The van der Waals surface area contributed by atoms with Gasteiger partial charge in [0.25, 0.3) is 0 Å². The third-order valence-electron chi connectivity index (χ3n) is 0.788. The van der Waals surface area contributed by atoms with Crippen molar-refractivity contribution in [2.24, 2.45) is 0 Å². The quantitative estimate of drug-likeness (QED) is 0.406. The molecule has 0 saturated carbocycles. The minimum Gasteiger partial charge on any atom is -0.466 e. The number of hydrogen-bond donors (Lipinski definition) is 0. The maximum absolute atomic E-state index is 10.0. The maximum Gasteiger partial charge on any atom is 0.305 e. The molecule has 0 amide bonds. The van der Waals surface area contributed by atoms with Crippen LogP contribution in [0.4, 0.5) is 0 Å². The summed E-state index contributed by atoms with van der Waals surface area (Å²) in [4.78, 5) is 10.0. The van der Waals surface area contributed by atoms with Gasteiger partial charge in [0, 0.05) is 9.39 Å². The molecule has 6 heavy (non-hydrogen) atoms. The van der Waals surface area contributed by atoms with Gasteiger partial charge < -0.3 is 4.74 Å². The van der Waals surface area contributed by atoms with E-state index in [1.54, 1.807) is 0 Å². The average molecular weight is 90.1 g/mol. The molecule has 1 heterocycles. The molecule has 0 unspecified atom stereocenters. The smallest absolute Gasteiger partial charge is 0.305 e. The van der Waals surface area contributed by atoms with Crippen LogP contribution in [0.15, 0.2) is 0 Å². The van der Waals surface area contributed by atoms with E-state index in [1.807, 2.05) is 0 Å². The minimum absolute atomic E-state index is 0.0463.